The molecule has 1 atom stereocenters. The zero-order valence-corrected chi connectivity index (χ0v) is 12.3. The maximum atomic E-state index is 12.1. The van der Waals surface area contributed by atoms with Gasteiger partial charge in [0.05, 0.1) is 12.5 Å². The summed E-state index contributed by atoms with van der Waals surface area (Å²) in [5, 5.41) is 0. The molecule has 0 saturated carbocycles. The normalized spacial score (nSPS) is 18.1. The van der Waals surface area contributed by atoms with Gasteiger partial charge in [-0.2, -0.15) is 0 Å². The Morgan fingerprint density at radius 2 is 2.00 bits per heavy atom. The number of ether oxygens (including phenoxy) is 2. The first-order valence-electron chi connectivity index (χ1n) is 7.33. The van der Waals surface area contributed by atoms with Gasteiger partial charge in [-0.3, -0.25) is 4.79 Å². The van der Waals surface area contributed by atoms with Crippen LogP contribution in [-0.2, 0) is 20.9 Å². The van der Waals surface area contributed by atoms with Gasteiger partial charge in [-0.15, -0.1) is 0 Å². The van der Waals surface area contributed by atoms with Crippen LogP contribution in [0.15, 0.2) is 30.3 Å². The first-order chi connectivity index (χ1) is 10.2. The van der Waals surface area contributed by atoms with Gasteiger partial charge in [-0.25, -0.2) is 4.79 Å². The number of rotatable bonds is 4. The third-order valence-electron chi connectivity index (χ3n) is 3.50. The van der Waals surface area contributed by atoms with E-state index in [1.165, 1.54) is 0 Å². The van der Waals surface area contributed by atoms with E-state index in [1.54, 1.807) is 11.8 Å². The molecule has 1 fully saturated rings. The fraction of sp³-hybridized carbons (Fsp3) is 0.500. The van der Waals surface area contributed by atoms with Crippen molar-refractivity contribution in [1.29, 1.82) is 0 Å². The van der Waals surface area contributed by atoms with Crippen molar-refractivity contribution in [2.45, 2.75) is 26.4 Å². The molecule has 0 spiro atoms. The number of piperidine rings is 1. The summed E-state index contributed by atoms with van der Waals surface area (Å²) >= 11 is 0. The summed E-state index contributed by atoms with van der Waals surface area (Å²) in [6.07, 6.45) is 1.20. The lowest BCUT2D eigenvalue weighted by Gasteiger charge is -2.30. The molecule has 5 nitrogen and oxygen atoms in total. The molecule has 1 aliphatic rings. The molecule has 0 bridgehead atoms. The molecule has 21 heavy (non-hydrogen) atoms. The first-order valence-corrected chi connectivity index (χ1v) is 7.33. The highest BCUT2D eigenvalue weighted by Gasteiger charge is 2.30. The van der Waals surface area contributed by atoms with E-state index in [0.29, 0.717) is 19.7 Å². The number of carbonyl (C=O) groups excluding carboxylic acids is 2. The van der Waals surface area contributed by atoms with Crippen LogP contribution in [0.2, 0.25) is 0 Å². The van der Waals surface area contributed by atoms with Gasteiger partial charge in [-0.05, 0) is 25.3 Å². The number of hydrogen-bond acceptors (Lipinski definition) is 4. The summed E-state index contributed by atoms with van der Waals surface area (Å²) in [4.78, 5) is 25.4. The van der Waals surface area contributed by atoms with Crippen molar-refractivity contribution in [3.8, 4) is 0 Å². The third-order valence-corrected chi connectivity index (χ3v) is 3.50. The van der Waals surface area contributed by atoms with Crippen molar-refractivity contribution in [2.24, 2.45) is 5.92 Å². The average molecular weight is 291 g/mol. The van der Waals surface area contributed by atoms with Gasteiger partial charge >= 0.3 is 12.1 Å². The second kappa shape index (κ2) is 7.67. The molecule has 2 rings (SSSR count). The molecule has 1 amide bonds. The SMILES string of the molecule is CCOC(=O)N1CCC[C@@H](C(=O)OCc2ccccc2)C1. The van der Waals surface area contributed by atoms with E-state index in [2.05, 4.69) is 0 Å². The Kier molecular flexibility index (Phi) is 5.60. The monoisotopic (exact) mass is 291 g/mol. The lowest BCUT2D eigenvalue weighted by Crippen LogP contribution is -2.43. The number of carbonyl (C=O) groups is 2. The Morgan fingerprint density at radius 1 is 1.24 bits per heavy atom. The van der Waals surface area contributed by atoms with Gasteiger partial charge in [0.25, 0.3) is 0 Å². The molecular formula is C16H21NO4. The van der Waals surface area contributed by atoms with Gasteiger partial charge in [0.15, 0.2) is 0 Å². The van der Waals surface area contributed by atoms with E-state index in [4.69, 9.17) is 9.47 Å². The zero-order valence-electron chi connectivity index (χ0n) is 12.3. The van der Waals surface area contributed by atoms with Crippen LogP contribution in [0.5, 0.6) is 0 Å². The topological polar surface area (TPSA) is 55.8 Å². The summed E-state index contributed by atoms with van der Waals surface area (Å²) < 4.78 is 10.3. The molecule has 1 aromatic rings. The van der Waals surface area contributed by atoms with E-state index < -0.39 is 0 Å². The zero-order chi connectivity index (χ0) is 15.1. The molecule has 0 aromatic heterocycles. The first kappa shape index (κ1) is 15.4. The number of likely N-dealkylation sites (tertiary alicyclic amines) is 1. The van der Waals surface area contributed by atoms with Crippen molar-refractivity contribution in [3.05, 3.63) is 35.9 Å². The molecule has 0 radical (unpaired) electrons. The van der Waals surface area contributed by atoms with Gasteiger partial charge < -0.3 is 14.4 Å². The Morgan fingerprint density at radius 3 is 2.71 bits per heavy atom. The second-order valence-corrected chi connectivity index (χ2v) is 5.08. The summed E-state index contributed by atoms with van der Waals surface area (Å²) in [6.45, 7) is 3.41. The number of amides is 1. The Labute approximate surface area is 124 Å². The number of hydrogen-bond donors (Lipinski definition) is 0. The second-order valence-electron chi connectivity index (χ2n) is 5.08. The van der Waals surface area contributed by atoms with Crippen molar-refractivity contribution >= 4 is 12.1 Å². The highest BCUT2D eigenvalue weighted by molar-refractivity contribution is 5.74. The van der Waals surface area contributed by atoms with Crippen LogP contribution in [0.4, 0.5) is 4.79 Å². The Bertz CT molecular complexity index is 474. The predicted octanol–water partition coefficient (Wildman–Crippen LogP) is 2.60. The van der Waals surface area contributed by atoms with Crippen LogP contribution in [0.1, 0.15) is 25.3 Å². The van der Waals surface area contributed by atoms with E-state index in [1.807, 2.05) is 30.3 Å². The smallest absolute Gasteiger partial charge is 0.409 e. The molecule has 0 unspecified atom stereocenters. The van der Waals surface area contributed by atoms with Gasteiger partial charge in [0, 0.05) is 13.1 Å². The summed E-state index contributed by atoms with van der Waals surface area (Å²) in [5.74, 6) is -0.500. The van der Waals surface area contributed by atoms with Gasteiger partial charge in [-0.1, -0.05) is 30.3 Å². The van der Waals surface area contributed by atoms with E-state index in [0.717, 1.165) is 18.4 Å². The van der Waals surface area contributed by atoms with Gasteiger partial charge in [0.2, 0.25) is 0 Å². The number of esters is 1. The summed E-state index contributed by atoms with van der Waals surface area (Å²) in [7, 11) is 0. The minimum absolute atomic E-state index is 0.243. The average Bonchev–Trinajstić information content (AvgIpc) is 2.54. The molecular weight excluding hydrogens is 270 g/mol. The molecule has 0 aliphatic carbocycles. The van der Waals surface area contributed by atoms with Crippen LogP contribution in [0.25, 0.3) is 0 Å². The third kappa shape index (κ3) is 4.48. The molecule has 1 aromatic carbocycles. The fourth-order valence-electron chi connectivity index (χ4n) is 2.40. The van der Waals surface area contributed by atoms with Crippen molar-refractivity contribution in [1.82, 2.24) is 4.90 Å². The quantitative estimate of drug-likeness (QED) is 0.800. The highest BCUT2D eigenvalue weighted by Crippen LogP contribution is 2.19. The summed E-state index contributed by atoms with van der Waals surface area (Å²) in [5.41, 5.74) is 0.962. The summed E-state index contributed by atoms with van der Waals surface area (Å²) in [6, 6.07) is 9.57. The van der Waals surface area contributed by atoms with E-state index in [-0.39, 0.29) is 24.6 Å². The Hall–Kier alpha value is -2.04. The van der Waals surface area contributed by atoms with Crippen molar-refractivity contribution in [2.75, 3.05) is 19.7 Å². The minimum Gasteiger partial charge on any atom is -0.461 e. The van der Waals surface area contributed by atoms with E-state index >= 15 is 0 Å². The van der Waals surface area contributed by atoms with Crippen LogP contribution in [0.3, 0.4) is 0 Å². The highest BCUT2D eigenvalue weighted by atomic mass is 16.6. The predicted molar refractivity (Wildman–Crippen MR) is 77.6 cm³/mol. The molecule has 5 heteroatoms. The van der Waals surface area contributed by atoms with Crippen LogP contribution in [0, 0.1) is 5.92 Å². The van der Waals surface area contributed by atoms with Crippen LogP contribution < -0.4 is 0 Å². The maximum Gasteiger partial charge on any atom is 0.409 e. The molecule has 1 aliphatic heterocycles. The Balaban J connectivity index is 1.83. The molecule has 1 heterocycles. The van der Waals surface area contributed by atoms with Crippen LogP contribution >= 0.6 is 0 Å². The minimum atomic E-state index is -0.349. The van der Waals surface area contributed by atoms with Gasteiger partial charge in [0.1, 0.15) is 6.61 Å². The fourth-order valence-corrected chi connectivity index (χ4v) is 2.40. The number of nitrogens with zero attached hydrogens (tertiary/aromatic N) is 1. The molecule has 0 N–H and O–H groups in total. The molecule has 114 valence electrons. The maximum absolute atomic E-state index is 12.1. The lowest BCUT2D eigenvalue weighted by molar-refractivity contribution is -0.151. The van der Waals surface area contributed by atoms with E-state index in [9.17, 15) is 9.59 Å². The molecule has 1 saturated heterocycles. The van der Waals surface area contributed by atoms with Crippen LogP contribution in [-0.4, -0.2) is 36.7 Å². The van der Waals surface area contributed by atoms with Crippen molar-refractivity contribution in [3.63, 3.8) is 0 Å². The lowest BCUT2D eigenvalue weighted by atomic mass is 9.98. The largest absolute Gasteiger partial charge is 0.461 e. The van der Waals surface area contributed by atoms with Crippen molar-refractivity contribution < 1.29 is 19.1 Å². The number of benzene rings is 1. The standard InChI is InChI=1S/C16H21NO4/c1-2-20-16(19)17-10-6-9-14(11-17)15(18)21-12-13-7-4-3-5-8-13/h3-5,7-8,14H,2,6,9-12H2,1H3/t14-/m1/s1.